The molecule has 3 nitrogen and oxygen atoms in total. The maximum Gasteiger partial charge on any atom is 0.115 e. The number of aliphatic hydroxyl groups is 1. The van der Waals surface area contributed by atoms with Crippen LogP contribution in [0.2, 0.25) is 0 Å². The van der Waals surface area contributed by atoms with Crippen molar-refractivity contribution in [3.8, 4) is 0 Å². The second kappa shape index (κ2) is 3.81. The maximum atomic E-state index is 10.8. The van der Waals surface area contributed by atoms with Gasteiger partial charge in [0, 0.05) is 18.0 Å². The van der Waals surface area contributed by atoms with E-state index < -0.39 is 5.60 Å². The zero-order valence-corrected chi connectivity index (χ0v) is 10.3. The van der Waals surface area contributed by atoms with Crippen molar-refractivity contribution in [2.45, 2.75) is 45.6 Å². The molecule has 0 spiro atoms. The van der Waals surface area contributed by atoms with Crippen LogP contribution >= 0.6 is 0 Å². The highest BCUT2D eigenvalue weighted by Gasteiger charge is 2.43. The largest absolute Gasteiger partial charge is 0.385 e. The SMILES string of the molecule is CC1CC(C)(C)CCC1(O)c1cncnc1. The smallest absolute Gasteiger partial charge is 0.115 e. The molecule has 1 aliphatic rings. The Bertz CT molecular complexity index is 363. The first-order valence-electron chi connectivity index (χ1n) is 5.92. The van der Waals surface area contributed by atoms with Crippen LogP contribution in [-0.2, 0) is 5.60 Å². The van der Waals surface area contributed by atoms with Crippen molar-refractivity contribution < 1.29 is 5.11 Å². The molecule has 2 unspecified atom stereocenters. The third kappa shape index (κ3) is 1.96. The van der Waals surface area contributed by atoms with Gasteiger partial charge in [-0.2, -0.15) is 0 Å². The van der Waals surface area contributed by atoms with Crippen molar-refractivity contribution in [3.63, 3.8) is 0 Å². The molecule has 0 aromatic carbocycles. The van der Waals surface area contributed by atoms with Crippen LogP contribution in [0.25, 0.3) is 0 Å². The van der Waals surface area contributed by atoms with E-state index in [4.69, 9.17) is 0 Å². The molecule has 0 radical (unpaired) electrons. The van der Waals surface area contributed by atoms with E-state index in [9.17, 15) is 5.11 Å². The fourth-order valence-electron chi connectivity index (χ4n) is 2.83. The molecule has 1 heterocycles. The fraction of sp³-hybridized carbons (Fsp3) is 0.692. The third-order valence-corrected chi connectivity index (χ3v) is 3.92. The molecule has 0 amide bonds. The molecule has 1 aliphatic carbocycles. The van der Waals surface area contributed by atoms with Crippen molar-refractivity contribution >= 4 is 0 Å². The summed E-state index contributed by atoms with van der Waals surface area (Å²) in [6.45, 7) is 6.66. The number of nitrogens with zero attached hydrogens (tertiary/aromatic N) is 2. The highest BCUT2D eigenvalue weighted by atomic mass is 16.3. The van der Waals surface area contributed by atoms with Gasteiger partial charge < -0.3 is 5.11 Å². The molecule has 3 heteroatoms. The maximum absolute atomic E-state index is 10.8. The average molecular weight is 220 g/mol. The number of rotatable bonds is 1. The quantitative estimate of drug-likeness (QED) is 0.791. The lowest BCUT2D eigenvalue weighted by atomic mass is 9.64. The zero-order chi connectivity index (χ0) is 11.8. The van der Waals surface area contributed by atoms with Crippen molar-refractivity contribution in [1.82, 2.24) is 9.97 Å². The van der Waals surface area contributed by atoms with Gasteiger partial charge in [0.1, 0.15) is 6.33 Å². The summed E-state index contributed by atoms with van der Waals surface area (Å²) in [6.07, 6.45) is 7.86. The van der Waals surface area contributed by atoms with E-state index in [0.29, 0.717) is 5.41 Å². The Morgan fingerprint density at radius 2 is 1.88 bits per heavy atom. The van der Waals surface area contributed by atoms with Crippen LogP contribution in [-0.4, -0.2) is 15.1 Å². The summed E-state index contributed by atoms with van der Waals surface area (Å²) in [5.41, 5.74) is 0.455. The summed E-state index contributed by atoms with van der Waals surface area (Å²) in [7, 11) is 0. The first-order chi connectivity index (χ1) is 7.44. The summed E-state index contributed by atoms with van der Waals surface area (Å²) < 4.78 is 0. The minimum atomic E-state index is -0.739. The van der Waals surface area contributed by atoms with E-state index in [1.54, 1.807) is 12.4 Å². The normalized spacial score (nSPS) is 33.6. The summed E-state index contributed by atoms with van der Waals surface area (Å²) in [4.78, 5) is 8.01. The molecule has 16 heavy (non-hydrogen) atoms. The average Bonchev–Trinajstić information content (AvgIpc) is 2.25. The predicted octanol–water partition coefficient (Wildman–Crippen LogP) is 2.51. The molecule has 0 saturated heterocycles. The molecule has 1 saturated carbocycles. The zero-order valence-electron chi connectivity index (χ0n) is 10.3. The van der Waals surface area contributed by atoms with E-state index in [2.05, 4.69) is 30.7 Å². The van der Waals surface area contributed by atoms with Gasteiger partial charge in [-0.25, -0.2) is 9.97 Å². The molecule has 1 aromatic rings. The lowest BCUT2D eigenvalue weighted by Gasteiger charge is -2.45. The van der Waals surface area contributed by atoms with Crippen LogP contribution in [0.3, 0.4) is 0 Å². The fourth-order valence-corrected chi connectivity index (χ4v) is 2.83. The Kier molecular flexibility index (Phi) is 2.74. The molecular formula is C13H20N2O. The van der Waals surface area contributed by atoms with Gasteiger partial charge in [0.2, 0.25) is 0 Å². The summed E-state index contributed by atoms with van der Waals surface area (Å²) in [5.74, 6) is 0.252. The van der Waals surface area contributed by atoms with Gasteiger partial charge in [0.25, 0.3) is 0 Å². The predicted molar refractivity (Wildman–Crippen MR) is 62.7 cm³/mol. The monoisotopic (exact) mass is 220 g/mol. The first-order valence-corrected chi connectivity index (χ1v) is 5.92. The lowest BCUT2D eigenvalue weighted by molar-refractivity contribution is -0.0774. The van der Waals surface area contributed by atoms with Gasteiger partial charge >= 0.3 is 0 Å². The Balaban J connectivity index is 2.27. The van der Waals surface area contributed by atoms with E-state index in [1.165, 1.54) is 6.33 Å². The molecule has 0 bridgehead atoms. The molecule has 1 aromatic heterocycles. The van der Waals surface area contributed by atoms with Gasteiger partial charge in [0.05, 0.1) is 5.60 Å². The van der Waals surface area contributed by atoms with Gasteiger partial charge in [0.15, 0.2) is 0 Å². The van der Waals surface area contributed by atoms with E-state index >= 15 is 0 Å². The van der Waals surface area contributed by atoms with Crippen LogP contribution in [0.15, 0.2) is 18.7 Å². The van der Waals surface area contributed by atoms with E-state index in [-0.39, 0.29) is 5.92 Å². The first kappa shape index (κ1) is 11.5. The summed E-state index contributed by atoms with van der Waals surface area (Å²) in [6, 6.07) is 0. The summed E-state index contributed by atoms with van der Waals surface area (Å²) >= 11 is 0. The number of hydrogen-bond acceptors (Lipinski definition) is 3. The summed E-state index contributed by atoms with van der Waals surface area (Å²) in [5, 5.41) is 10.8. The second-order valence-electron chi connectivity index (χ2n) is 5.82. The number of hydrogen-bond donors (Lipinski definition) is 1. The van der Waals surface area contributed by atoms with Gasteiger partial charge in [-0.05, 0) is 30.6 Å². The number of aromatic nitrogens is 2. The van der Waals surface area contributed by atoms with Crippen LogP contribution in [0.1, 0.15) is 45.6 Å². The topological polar surface area (TPSA) is 46.0 Å². The van der Waals surface area contributed by atoms with Crippen molar-refractivity contribution in [2.75, 3.05) is 0 Å². The van der Waals surface area contributed by atoms with Crippen LogP contribution in [0, 0.1) is 11.3 Å². The molecule has 0 aliphatic heterocycles. The highest BCUT2D eigenvalue weighted by Crippen LogP contribution is 2.48. The van der Waals surface area contributed by atoms with Gasteiger partial charge in [-0.1, -0.05) is 20.8 Å². The minimum Gasteiger partial charge on any atom is -0.385 e. The van der Waals surface area contributed by atoms with Crippen molar-refractivity contribution in [3.05, 3.63) is 24.3 Å². The Morgan fingerprint density at radius 3 is 2.44 bits per heavy atom. The Hall–Kier alpha value is -0.960. The van der Waals surface area contributed by atoms with Crippen molar-refractivity contribution in [2.24, 2.45) is 11.3 Å². The third-order valence-electron chi connectivity index (χ3n) is 3.92. The molecule has 2 atom stereocenters. The van der Waals surface area contributed by atoms with Crippen LogP contribution in [0.4, 0.5) is 0 Å². The molecule has 88 valence electrons. The van der Waals surface area contributed by atoms with Crippen LogP contribution < -0.4 is 0 Å². The molecule has 2 rings (SSSR count). The Morgan fingerprint density at radius 1 is 1.25 bits per heavy atom. The molecular weight excluding hydrogens is 200 g/mol. The molecule has 1 N–H and O–H groups in total. The van der Waals surface area contributed by atoms with E-state index in [1.807, 2.05) is 0 Å². The standard InChI is InChI=1S/C13H20N2O/c1-10-6-12(2,3)4-5-13(10,16)11-7-14-9-15-8-11/h7-10,16H,4-6H2,1-3H3. The van der Waals surface area contributed by atoms with Gasteiger partial charge in [-0.15, -0.1) is 0 Å². The Labute approximate surface area is 96.9 Å². The molecule has 1 fully saturated rings. The van der Waals surface area contributed by atoms with Crippen LogP contribution in [0.5, 0.6) is 0 Å². The van der Waals surface area contributed by atoms with E-state index in [0.717, 1.165) is 24.8 Å². The van der Waals surface area contributed by atoms with Crippen molar-refractivity contribution in [1.29, 1.82) is 0 Å². The van der Waals surface area contributed by atoms with Gasteiger partial charge in [-0.3, -0.25) is 0 Å². The highest BCUT2D eigenvalue weighted by molar-refractivity contribution is 5.17. The lowest BCUT2D eigenvalue weighted by Crippen LogP contribution is -2.41. The second-order valence-corrected chi connectivity index (χ2v) is 5.82. The minimum absolute atomic E-state index is 0.252.